The highest BCUT2D eigenvalue weighted by atomic mass is 35.5. The van der Waals surface area contributed by atoms with Gasteiger partial charge < -0.3 is 19.5 Å². The molecule has 3 aromatic rings. The number of nitrogens with zero attached hydrogens (tertiary/aromatic N) is 2. The van der Waals surface area contributed by atoms with Gasteiger partial charge in [-0.15, -0.1) is 0 Å². The molecule has 2 heterocycles. The molecule has 0 bridgehead atoms. The van der Waals surface area contributed by atoms with Crippen molar-refractivity contribution in [1.82, 2.24) is 14.8 Å². The number of amides is 2. The van der Waals surface area contributed by atoms with Crippen LogP contribution in [0.15, 0.2) is 66.9 Å². The molecule has 1 aliphatic heterocycles. The molecule has 0 spiro atoms. The number of fused-ring (bicyclic) bond motifs is 3. The molecule has 0 unspecified atom stereocenters. The Bertz CT molecular complexity index is 1000. The molecule has 0 fully saturated rings. The summed E-state index contributed by atoms with van der Waals surface area (Å²) in [4.78, 5) is 15.2. The first-order chi connectivity index (χ1) is 14.7. The third kappa shape index (κ3) is 4.23. The van der Waals surface area contributed by atoms with Crippen LogP contribution in [-0.4, -0.2) is 35.3 Å². The molecule has 6 heteroatoms. The number of halogens is 1. The highest BCUT2D eigenvalue weighted by Gasteiger charge is 2.32. The second-order valence-electron chi connectivity index (χ2n) is 7.30. The van der Waals surface area contributed by atoms with Crippen LogP contribution < -0.4 is 5.32 Å². The minimum atomic E-state index is -0.225. The van der Waals surface area contributed by atoms with Gasteiger partial charge in [-0.3, -0.25) is 0 Å². The second kappa shape index (κ2) is 9.37. The summed E-state index contributed by atoms with van der Waals surface area (Å²) in [5.74, 6) is 0. The highest BCUT2D eigenvalue weighted by molar-refractivity contribution is 6.30. The molecule has 0 saturated carbocycles. The van der Waals surface area contributed by atoms with Crippen LogP contribution in [0.5, 0.6) is 0 Å². The van der Waals surface area contributed by atoms with Crippen molar-refractivity contribution in [3.05, 3.63) is 88.7 Å². The van der Waals surface area contributed by atoms with Crippen molar-refractivity contribution in [3.63, 3.8) is 0 Å². The Morgan fingerprint density at radius 1 is 1.13 bits per heavy atom. The lowest BCUT2D eigenvalue weighted by Gasteiger charge is -2.31. The van der Waals surface area contributed by atoms with Crippen molar-refractivity contribution >= 4 is 17.6 Å². The summed E-state index contributed by atoms with van der Waals surface area (Å²) < 4.78 is 7.56. The Morgan fingerprint density at radius 2 is 1.93 bits per heavy atom. The molecular weight excluding hydrogens is 398 g/mol. The molecule has 1 aromatic heterocycles. The lowest BCUT2D eigenvalue weighted by molar-refractivity contribution is 0.143. The number of hydrogen-bond acceptors (Lipinski definition) is 2. The number of benzene rings is 2. The Morgan fingerprint density at radius 3 is 2.73 bits per heavy atom. The zero-order chi connectivity index (χ0) is 20.9. The number of nitrogens with one attached hydrogen (secondary N) is 1. The minimum absolute atomic E-state index is 0.0871. The maximum Gasteiger partial charge on any atom is 0.318 e. The summed E-state index contributed by atoms with van der Waals surface area (Å²) in [6.07, 6.45) is 2.84. The molecule has 1 N–H and O–H groups in total. The monoisotopic (exact) mass is 423 g/mol. The van der Waals surface area contributed by atoms with Gasteiger partial charge in [0.15, 0.2) is 0 Å². The van der Waals surface area contributed by atoms with E-state index in [1.165, 1.54) is 0 Å². The number of aromatic nitrogens is 1. The molecule has 1 aliphatic rings. The van der Waals surface area contributed by atoms with Crippen LogP contribution in [0.2, 0.25) is 5.02 Å². The molecule has 0 aliphatic carbocycles. The maximum atomic E-state index is 13.3. The topological polar surface area (TPSA) is 46.5 Å². The summed E-state index contributed by atoms with van der Waals surface area (Å²) >= 11 is 6.13. The number of carbonyl (C=O) groups is 1. The highest BCUT2D eigenvalue weighted by Crippen LogP contribution is 2.36. The molecule has 0 saturated heterocycles. The van der Waals surface area contributed by atoms with Crippen molar-refractivity contribution in [1.29, 1.82) is 0 Å². The van der Waals surface area contributed by atoms with E-state index in [1.807, 2.05) is 54.3 Å². The Hall–Kier alpha value is -2.76. The summed E-state index contributed by atoms with van der Waals surface area (Å²) in [5, 5.41) is 3.75. The van der Waals surface area contributed by atoms with Crippen molar-refractivity contribution in [3.8, 4) is 5.69 Å². The van der Waals surface area contributed by atoms with Crippen LogP contribution in [0.1, 0.15) is 36.2 Å². The third-order valence-electron chi connectivity index (χ3n) is 5.36. The van der Waals surface area contributed by atoms with E-state index in [0.717, 1.165) is 28.9 Å². The molecular formula is C24H26ClN3O2. The largest absolute Gasteiger partial charge is 0.382 e. The molecule has 30 heavy (non-hydrogen) atoms. The van der Waals surface area contributed by atoms with Gasteiger partial charge in [0.25, 0.3) is 0 Å². The maximum absolute atomic E-state index is 13.3. The molecule has 2 aromatic carbocycles. The Kier molecular flexibility index (Phi) is 6.41. The fraction of sp³-hybridized carbons (Fsp3) is 0.292. The first kappa shape index (κ1) is 20.5. The van der Waals surface area contributed by atoms with Crippen LogP contribution in [0, 0.1) is 0 Å². The minimum Gasteiger partial charge on any atom is -0.382 e. The number of carbonyl (C=O) groups excluding carboxylic acids is 1. The average Bonchev–Trinajstić information content (AvgIpc) is 3.19. The van der Waals surface area contributed by atoms with Crippen LogP contribution in [0.3, 0.4) is 0 Å². The fourth-order valence-electron chi connectivity index (χ4n) is 3.95. The summed E-state index contributed by atoms with van der Waals surface area (Å²) in [6.45, 7) is 4.39. The summed E-state index contributed by atoms with van der Waals surface area (Å²) in [6, 6.07) is 19.8. The van der Waals surface area contributed by atoms with Crippen molar-refractivity contribution < 1.29 is 9.53 Å². The van der Waals surface area contributed by atoms with Crippen molar-refractivity contribution in [2.45, 2.75) is 25.9 Å². The number of para-hydroxylation sites is 1. The van der Waals surface area contributed by atoms with E-state index >= 15 is 0 Å². The SMILES string of the molecule is CCOCCCNC(=O)N1Cc2ccccc2-n2cccc2[C@@H]1c1ccc(Cl)cc1. The average molecular weight is 424 g/mol. The molecule has 2 amide bonds. The smallest absolute Gasteiger partial charge is 0.318 e. The molecule has 1 atom stereocenters. The van der Waals surface area contributed by atoms with Crippen molar-refractivity contribution in [2.75, 3.05) is 19.8 Å². The normalized spacial score (nSPS) is 15.3. The molecule has 4 rings (SSSR count). The third-order valence-corrected chi connectivity index (χ3v) is 5.61. The number of ether oxygens (including phenoxy) is 1. The number of urea groups is 1. The number of rotatable bonds is 6. The molecule has 156 valence electrons. The quantitative estimate of drug-likeness (QED) is 0.556. The van der Waals surface area contributed by atoms with Gasteiger partial charge in [-0.25, -0.2) is 4.79 Å². The zero-order valence-electron chi connectivity index (χ0n) is 17.1. The van der Waals surface area contributed by atoms with Gasteiger partial charge in [-0.2, -0.15) is 0 Å². The van der Waals surface area contributed by atoms with E-state index in [-0.39, 0.29) is 12.1 Å². The van der Waals surface area contributed by atoms with Gasteiger partial charge in [0.2, 0.25) is 0 Å². The van der Waals surface area contributed by atoms with Gasteiger partial charge in [0.05, 0.1) is 18.3 Å². The van der Waals surface area contributed by atoms with Crippen LogP contribution >= 0.6 is 11.6 Å². The predicted molar refractivity (Wildman–Crippen MR) is 119 cm³/mol. The standard InChI is InChI=1S/C24H26ClN3O2/c1-2-30-16-6-14-26-24(29)28-17-19-7-3-4-8-21(19)27-15-5-9-22(27)23(28)18-10-12-20(25)13-11-18/h3-5,7-13,15,23H,2,6,14,16-17H2,1H3,(H,26,29)/t23-/m0/s1. The lowest BCUT2D eigenvalue weighted by Crippen LogP contribution is -2.42. The van der Waals surface area contributed by atoms with E-state index in [1.54, 1.807) is 0 Å². The summed E-state index contributed by atoms with van der Waals surface area (Å²) in [7, 11) is 0. The first-order valence-corrected chi connectivity index (χ1v) is 10.7. The van der Waals surface area contributed by atoms with Crippen LogP contribution in [-0.2, 0) is 11.3 Å². The van der Waals surface area contributed by atoms with Gasteiger partial charge in [-0.05, 0) is 54.8 Å². The zero-order valence-corrected chi connectivity index (χ0v) is 17.8. The fourth-order valence-corrected chi connectivity index (χ4v) is 4.08. The predicted octanol–water partition coefficient (Wildman–Crippen LogP) is 5.17. The Labute approximate surface area is 182 Å². The molecule has 5 nitrogen and oxygen atoms in total. The van der Waals surface area contributed by atoms with Crippen LogP contribution in [0.25, 0.3) is 5.69 Å². The lowest BCUT2D eigenvalue weighted by atomic mass is 10.0. The molecule has 0 radical (unpaired) electrons. The van der Waals surface area contributed by atoms with Crippen LogP contribution in [0.4, 0.5) is 4.79 Å². The van der Waals surface area contributed by atoms with E-state index in [4.69, 9.17) is 16.3 Å². The second-order valence-corrected chi connectivity index (χ2v) is 7.73. The van der Waals surface area contributed by atoms with Gasteiger partial charge in [0, 0.05) is 36.7 Å². The summed E-state index contributed by atoms with van der Waals surface area (Å²) in [5.41, 5.74) is 4.28. The number of hydrogen-bond donors (Lipinski definition) is 1. The Balaban J connectivity index is 1.70. The van der Waals surface area contributed by atoms with Gasteiger partial charge >= 0.3 is 6.03 Å². The first-order valence-electron chi connectivity index (χ1n) is 10.3. The van der Waals surface area contributed by atoms with E-state index < -0.39 is 0 Å². The van der Waals surface area contributed by atoms with E-state index in [2.05, 4.69) is 34.3 Å². The van der Waals surface area contributed by atoms with Gasteiger partial charge in [-0.1, -0.05) is 41.9 Å². The van der Waals surface area contributed by atoms with Gasteiger partial charge in [0.1, 0.15) is 0 Å². The van der Waals surface area contributed by atoms with E-state index in [9.17, 15) is 4.79 Å². The van der Waals surface area contributed by atoms with E-state index in [0.29, 0.717) is 31.3 Å². The van der Waals surface area contributed by atoms with Crippen molar-refractivity contribution in [2.24, 2.45) is 0 Å².